The first-order valence-corrected chi connectivity index (χ1v) is 9.95. The van der Waals surface area contributed by atoms with Gasteiger partial charge in [-0.1, -0.05) is 53.5 Å². The summed E-state index contributed by atoms with van der Waals surface area (Å²) in [5, 5.41) is 4.87. The fourth-order valence-electron chi connectivity index (χ4n) is 2.82. The molecule has 0 heterocycles. The van der Waals surface area contributed by atoms with Crippen molar-refractivity contribution in [1.29, 1.82) is 0 Å². The lowest BCUT2D eigenvalue weighted by molar-refractivity contribution is 0.269. The van der Waals surface area contributed by atoms with Crippen LogP contribution in [-0.4, -0.2) is 6.61 Å². The van der Waals surface area contributed by atoms with Gasteiger partial charge in [-0.25, -0.2) is 0 Å². The van der Waals surface area contributed by atoms with E-state index in [1.165, 1.54) is 0 Å². The summed E-state index contributed by atoms with van der Waals surface area (Å²) in [6.45, 7) is 5.57. The second-order valence-corrected chi connectivity index (χ2v) is 7.17. The van der Waals surface area contributed by atoms with Gasteiger partial charge >= 0.3 is 0 Å². The van der Waals surface area contributed by atoms with Gasteiger partial charge in [0.25, 0.3) is 0 Å². The standard InChI is InChI=1S/C23H23Cl2NO2/c1-3-27-23-13-17(14-26-21-10-6-9-19(24)16(21)2)11-12-22(23)28-15-18-7-4-5-8-20(18)25/h4-13,26H,3,14-15H2,1-2H3. The van der Waals surface area contributed by atoms with Gasteiger partial charge in [0.05, 0.1) is 6.61 Å². The smallest absolute Gasteiger partial charge is 0.161 e. The Morgan fingerprint density at radius 1 is 0.857 bits per heavy atom. The van der Waals surface area contributed by atoms with Gasteiger partial charge in [-0.15, -0.1) is 0 Å². The Balaban J connectivity index is 1.71. The summed E-state index contributed by atoms with van der Waals surface area (Å²) in [4.78, 5) is 0. The molecule has 5 heteroatoms. The zero-order valence-corrected chi connectivity index (χ0v) is 17.5. The Morgan fingerprint density at radius 3 is 2.43 bits per heavy atom. The lowest BCUT2D eigenvalue weighted by Gasteiger charge is -2.15. The Morgan fingerprint density at radius 2 is 1.64 bits per heavy atom. The van der Waals surface area contributed by atoms with Gasteiger partial charge in [0.2, 0.25) is 0 Å². The number of benzene rings is 3. The van der Waals surface area contributed by atoms with Crippen molar-refractivity contribution in [3.8, 4) is 11.5 Å². The minimum Gasteiger partial charge on any atom is -0.490 e. The van der Waals surface area contributed by atoms with E-state index in [9.17, 15) is 0 Å². The van der Waals surface area contributed by atoms with Crippen molar-refractivity contribution in [2.45, 2.75) is 27.0 Å². The summed E-state index contributed by atoms with van der Waals surface area (Å²) in [6.07, 6.45) is 0. The van der Waals surface area contributed by atoms with Crippen LogP contribution >= 0.6 is 23.2 Å². The molecule has 0 amide bonds. The maximum atomic E-state index is 6.21. The summed E-state index contributed by atoms with van der Waals surface area (Å²) >= 11 is 12.4. The second-order valence-electron chi connectivity index (χ2n) is 6.36. The van der Waals surface area contributed by atoms with Crippen LogP contribution < -0.4 is 14.8 Å². The summed E-state index contributed by atoms with van der Waals surface area (Å²) in [5.74, 6) is 1.42. The SMILES string of the molecule is CCOc1cc(CNc2cccc(Cl)c2C)ccc1OCc1ccccc1Cl. The molecule has 0 aliphatic rings. The average Bonchev–Trinajstić information content (AvgIpc) is 2.70. The number of nitrogens with one attached hydrogen (secondary N) is 1. The summed E-state index contributed by atoms with van der Waals surface area (Å²) in [5.41, 5.74) is 4.08. The lowest BCUT2D eigenvalue weighted by Crippen LogP contribution is -2.04. The topological polar surface area (TPSA) is 30.5 Å². The predicted octanol–water partition coefficient (Wildman–Crippen LogP) is 6.89. The highest BCUT2D eigenvalue weighted by Gasteiger charge is 2.09. The van der Waals surface area contributed by atoms with Crippen molar-refractivity contribution < 1.29 is 9.47 Å². The first kappa shape index (κ1) is 20.4. The first-order valence-electron chi connectivity index (χ1n) is 9.19. The Kier molecular flexibility index (Phi) is 7.07. The molecule has 0 bridgehead atoms. The fraction of sp³-hybridized carbons (Fsp3) is 0.217. The Hall–Kier alpha value is -2.36. The number of halogens is 2. The van der Waals surface area contributed by atoms with E-state index in [4.69, 9.17) is 32.7 Å². The van der Waals surface area contributed by atoms with Gasteiger partial charge in [0.1, 0.15) is 6.61 Å². The molecule has 0 saturated carbocycles. The molecule has 0 atom stereocenters. The van der Waals surface area contributed by atoms with Crippen molar-refractivity contribution in [1.82, 2.24) is 0 Å². The van der Waals surface area contributed by atoms with E-state index in [2.05, 4.69) is 5.32 Å². The van der Waals surface area contributed by atoms with Crippen LogP contribution in [0.25, 0.3) is 0 Å². The molecule has 3 aromatic rings. The number of hydrogen-bond acceptors (Lipinski definition) is 3. The summed E-state index contributed by atoms with van der Waals surface area (Å²) in [6, 6.07) is 19.5. The van der Waals surface area contributed by atoms with Gasteiger partial charge in [0, 0.05) is 27.8 Å². The molecular weight excluding hydrogens is 393 g/mol. The average molecular weight is 416 g/mol. The van der Waals surface area contributed by atoms with Crippen molar-refractivity contribution in [3.05, 3.63) is 87.4 Å². The van der Waals surface area contributed by atoms with E-state index < -0.39 is 0 Å². The van der Waals surface area contributed by atoms with Crippen molar-refractivity contribution in [3.63, 3.8) is 0 Å². The van der Waals surface area contributed by atoms with E-state index in [0.717, 1.165) is 33.1 Å². The molecule has 1 N–H and O–H groups in total. The van der Waals surface area contributed by atoms with E-state index in [0.29, 0.717) is 30.5 Å². The predicted molar refractivity (Wildman–Crippen MR) is 117 cm³/mol. The molecule has 146 valence electrons. The zero-order chi connectivity index (χ0) is 19.9. The van der Waals surface area contributed by atoms with Crippen molar-refractivity contribution in [2.24, 2.45) is 0 Å². The Labute approximate surface area is 176 Å². The second kappa shape index (κ2) is 9.72. The van der Waals surface area contributed by atoms with Gasteiger partial charge in [0.15, 0.2) is 11.5 Å². The lowest BCUT2D eigenvalue weighted by atomic mass is 10.1. The van der Waals surface area contributed by atoms with Crippen molar-refractivity contribution >= 4 is 28.9 Å². The fourth-order valence-corrected chi connectivity index (χ4v) is 3.18. The zero-order valence-electron chi connectivity index (χ0n) is 16.0. The third-order valence-corrected chi connectivity index (χ3v) is 5.18. The molecular formula is C23H23Cl2NO2. The molecule has 0 unspecified atom stereocenters. The molecule has 0 aromatic heterocycles. The Bertz CT molecular complexity index is 944. The maximum Gasteiger partial charge on any atom is 0.161 e. The van der Waals surface area contributed by atoms with Crippen LogP contribution in [0.1, 0.15) is 23.6 Å². The van der Waals surface area contributed by atoms with Crippen LogP contribution in [0.5, 0.6) is 11.5 Å². The first-order chi connectivity index (χ1) is 13.6. The molecule has 28 heavy (non-hydrogen) atoms. The van der Waals surface area contributed by atoms with Crippen LogP contribution in [0, 0.1) is 6.92 Å². The quantitative estimate of drug-likeness (QED) is 0.434. The minimum atomic E-state index is 0.388. The van der Waals surface area contributed by atoms with Gasteiger partial charge in [-0.2, -0.15) is 0 Å². The highest BCUT2D eigenvalue weighted by atomic mass is 35.5. The highest BCUT2D eigenvalue weighted by Crippen LogP contribution is 2.31. The maximum absolute atomic E-state index is 6.21. The van der Waals surface area contributed by atoms with Gasteiger partial charge in [-0.05, 0) is 55.3 Å². The van der Waals surface area contributed by atoms with Crippen LogP contribution in [0.4, 0.5) is 5.69 Å². The normalized spacial score (nSPS) is 10.6. The molecule has 0 saturated heterocycles. The summed E-state index contributed by atoms with van der Waals surface area (Å²) < 4.78 is 11.7. The van der Waals surface area contributed by atoms with E-state index >= 15 is 0 Å². The van der Waals surface area contributed by atoms with Crippen molar-refractivity contribution in [2.75, 3.05) is 11.9 Å². The largest absolute Gasteiger partial charge is 0.490 e. The van der Waals surface area contributed by atoms with E-state index in [-0.39, 0.29) is 0 Å². The van der Waals surface area contributed by atoms with Crippen LogP contribution in [0.15, 0.2) is 60.7 Å². The highest BCUT2D eigenvalue weighted by molar-refractivity contribution is 6.31. The molecule has 0 spiro atoms. The molecule has 0 aliphatic heterocycles. The minimum absolute atomic E-state index is 0.388. The molecule has 3 aromatic carbocycles. The summed E-state index contributed by atoms with van der Waals surface area (Å²) in [7, 11) is 0. The third-order valence-electron chi connectivity index (χ3n) is 4.40. The monoisotopic (exact) mass is 415 g/mol. The van der Waals surface area contributed by atoms with Crippen LogP contribution in [-0.2, 0) is 13.2 Å². The van der Waals surface area contributed by atoms with Gasteiger partial charge < -0.3 is 14.8 Å². The molecule has 0 aliphatic carbocycles. The van der Waals surface area contributed by atoms with E-state index in [1.807, 2.05) is 74.5 Å². The number of hydrogen-bond donors (Lipinski definition) is 1. The molecule has 0 radical (unpaired) electrons. The molecule has 3 rings (SSSR count). The van der Waals surface area contributed by atoms with E-state index in [1.54, 1.807) is 0 Å². The molecule has 0 fully saturated rings. The van der Waals surface area contributed by atoms with Crippen LogP contribution in [0.3, 0.4) is 0 Å². The number of ether oxygens (including phenoxy) is 2. The molecule has 3 nitrogen and oxygen atoms in total. The van der Waals surface area contributed by atoms with Crippen LogP contribution in [0.2, 0.25) is 10.0 Å². The van der Waals surface area contributed by atoms with Gasteiger partial charge in [-0.3, -0.25) is 0 Å². The third kappa shape index (κ3) is 5.12. The number of rotatable bonds is 8. The number of anilines is 1.